The highest BCUT2D eigenvalue weighted by Crippen LogP contribution is 1.97. The molecule has 5 heteroatoms. The first-order valence-electron chi connectivity index (χ1n) is 6.54. The second-order valence-corrected chi connectivity index (χ2v) is 4.22. The molecular weight excluding hydrogens is 242 g/mol. The third-order valence-corrected chi connectivity index (χ3v) is 2.63. The lowest BCUT2D eigenvalue weighted by Crippen LogP contribution is -2.31. The molecule has 19 heavy (non-hydrogen) atoms. The molecule has 0 atom stereocenters. The van der Waals surface area contributed by atoms with E-state index in [1.807, 2.05) is 6.07 Å². The van der Waals surface area contributed by atoms with E-state index in [1.54, 1.807) is 24.3 Å². The van der Waals surface area contributed by atoms with E-state index in [1.165, 1.54) is 0 Å². The number of benzene rings is 1. The van der Waals surface area contributed by atoms with Gasteiger partial charge in [0.1, 0.15) is 0 Å². The average molecular weight is 263 g/mol. The summed E-state index contributed by atoms with van der Waals surface area (Å²) in [6.45, 7) is 1.63. The van der Waals surface area contributed by atoms with Crippen LogP contribution in [-0.2, 0) is 4.79 Å². The number of amides is 2. The number of carbonyl (C=O) groups excluding carboxylic acids is 2. The number of hydrogen-bond donors (Lipinski definition) is 3. The van der Waals surface area contributed by atoms with E-state index >= 15 is 0 Å². The van der Waals surface area contributed by atoms with Crippen molar-refractivity contribution in [1.29, 1.82) is 0 Å². The quantitative estimate of drug-likeness (QED) is 0.602. The number of nitrogens with one attached hydrogen (secondary N) is 2. The van der Waals surface area contributed by atoms with Gasteiger partial charge in [0.05, 0.1) is 0 Å². The fraction of sp³-hybridized carbons (Fsp3) is 0.429. The Morgan fingerprint density at radius 1 is 1.00 bits per heavy atom. The van der Waals surface area contributed by atoms with Crippen LogP contribution in [0.1, 0.15) is 29.6 Å². The van der Waals surface area contributed by atoms with E-state index < -0.39 is 0 Å². The molecule has 1 aromatic carbocycles. The smallest absolute Gasteiger partial charge is 0.251 e. The Hall–Kier alpha value is -1.88. The summed E-state index contributed by atoms with van der Waals surface area (Å²) in [5.74, 6) is -0.207. The van der Waals surface area contributed by atoms with Gasteiger partial charge in [-0.2, -0.15) is 0 Å². The summed E-state index contributed by atoms with van der Waals surface area (Å²) in [7, 11) is 0. The molecule has 0 aliphatic rings. The zero-order chi connectivity index (χ0) is 13.9. The minimum atomic E-state index is -0.156. The van der Waals surface area contributed by atoms with Crippen molar-refractivity contribution in [2.24, 2.45) is 5.73 Å². The van der Waals surface area contributed by atoms with Gasteiger partial charge in [0.15, 0.2) is 0 Å². The molecule has 0 spiro atoms. The van der Waals surface area contributed by atoms with Crippen LogP contribution in [-0.4, -0.2) is 31.4 Å². The summed E-state index contributed by atoms with van der Waals surface area (Å²) >= 11 is 0. The number of nitrogens with two attached hydrogens (primary N) is 1. The Bertz CT molecular complexity index is 393. The summed E-state index contributed by atoms with van der Waals surface area (Å²) in [6.07, 6.45) is 2.09. The maximum atomic E-state index is 11.7. The molecule has 0 radical (unpaired) electrons. The molecule has 1 rings (SSSR count). The van der Waals surface area contributed by atoms with Crippen molar-refractivity contribution in [3.63, 3.8) is 0 Å². The van der Waals surface area contributed by atoms with E-state index in [4.69, 9.17) is 5.73 Å². The fourth-order valence-electron chi connectivity index (χ4n) is 1.57. The Kier molecular flexibility index (Phi) is 7.27. The van der Waals surface area contributed by atoms with Gasteiger partial charge in [-0.1, -0.05) is 18.2 Å². The predicted molar refractivity (Wildman–Crippen MR) is 74.7 cm³/mol. The van der Waals surface area contributed by atoms with Crippen molar-refractivity contribution in [1.82, 2.24) is 10.6 Å². The molecular formula is C14H21N3O2. The molecule has 5 nitrogen and oxygen atoms in total. The van der Waals surface area contributed by atoms with Crippen molar-refractivity contribution < 1.29 is 9.59 Å². The van der Waals surface area contributed by atoms with Crippen molar-refractivity contribution in [3.8, 4) is 0 Å². The zero-order valence-corrected chi connectivity index (χ0v) is 11.0. The van der Waals surface area contributed by atoms with Crippen LogP contribution < -0.4 is 16.4 Å². The standard InChI is InChI=1S/C14H21N3O2/c15-9-4-5-10-16-13(18)8-11-17-14(19)12-6-2-1-3-7-12/h1-3,6-7H,4-5,8-11,15H2,(H,16,18)(H,17,19). The third kappa shape index (κ3) is 6.57. The van der Waals surface area contributed by atoms with Crippen LogP contribution in [0.5, 0.6) is 0 Å². The second-order valence-electron chi connectivity index (χ2n) is 4.22. The number of hydrogen-bond acceptors (Lipinski definition) is 3. The first kappa shape index (κ1) is 15.2. The summed E-state index contributed by atoms with van der Waals surface area (Å²) in [5, 5.41) is 5.50. The lowest BCUT2D eigenvalue weighted by atomic mass is 10.2. The van der Waals surface area contributed by atoms with Crippen LogP contribution in [0.4, 0.5) is 0 Å². The summed E-state index contributed by atoms with van der Waals surface area (Å²) < 4.78 is 0. The van der Waals surface area contributed by atoms with Crippen LogP contribution in [0.3, 0.4) is 0 Å². The molecule has 0 aliphatic heterocycles. The molecule has 0 saturated carbocycles. The Morgan fingerprint density at radius 2 is 1.74 bits per heavy atom. The molecule has 0 unspecified atom stereocenters. The minimum Gasteiger partial charge on any atom is -0.356 e. The van der Waals surface area contributed by atoms with Crippen molar-refractivity contribution in [2.75, 3.05) is 19.6 Å². The van der Waals surface area contributed by atoms with E-state index in [-0.39, 0.29) is 11.8 Å². The average Bonchev–Trinajstić information content (AvgIpc) is 2.44. The van der Waals surface area contributed by atoms with Crippen LogP contribution >= 0.6 is 0 Å². The molecule has 0 bridgehead atoms. The maximum absolute atomic E-state index is 11.7. The molecule has 2 amide bonds. The highest BCUT2D eigenvalue weighted by molar-refractivity contribution is 5.94. The third-order valence-electron chi connectivity index (χ3n) is 2.63. The van der Waals surface area contributed by atoms with Crippen LogP contribution in [0.15, 0.2) is 30.3 Å². The van der Waals surface area contributed by atoms with Gasteiger partial charge < -0.3 is 16.4 Å². The van der Waals surface area contributed by atoms with E-state index in [0.717, 1.165) is 12.8 Å². The highest BCUT2D eigenvalue weighted by atomic mass is 16.2. The van der Waals surface area contributed by atoms with Gasteiger partial charge in [-0.25, -0.2) is 0 Å². The van der Waals surface area contributed by atoms with Crippen LogP contribution in [0, 0.1) is 0 Å². The summed E-state index contributed by atoms with van der Waals surface area (Å²) in [6, 6.07) is 8.94. The molecule has 0 fully saturated rings. The topological polar surface area (TPSA) is 84.2 Å². The van der Waals surface area contributed by atoms with E-state index in [2.05, 4.69) is 10.6 Å². The maximum Gasteiger partial charge on any atom is 0.251 e. The Balaban J connectivity index is 2.13. The van der Waals surface area contributed by atoms with Gasteiger partial charge in [-0.3, -0.25) is 9.59 Å². The zero-order valence-electron chi connectivity index (χ0n) is 11.0. The first-order chi connectivity index (χ1) is 9.24. The van der Waals surface area contributed by atoms with Crippen molar-refractivity contribution in [3.05, 3.63) is 35.9 Å². The minimum absolute atomic E-state index is 0.0506. The van der Waals surface area contributed by atoms with E-state index in [0.29, 0.717) is 31.6 Å². The van der Waals surface area contributed by atoms with Gasteiger partial charge in [-0.15, -0.1) is 0 Å². The molecule has 1 aromatic rings. The van der Waals surface area contributed by atoms with Crippen molar-refractivity contribution in [2.45, 2.75) is 19.3 Å². The van der Waals surface area contributed by atoms with Gasteiger partial charge in [-0.05, 0) is 31.5 Å². The molecule has 104 valence electrons. The molecule has 4 N–H and O–H groups in total. The SMILES string of the molecule is NCCCCNC(=O)CCNC(=O)c1ccccc1. The fourth-order valence-corrected chi connectivity index (χ4v) is 1.57. The number of carbonyl (C=O) groups is 2. The lowest BCUT2D eigenvalue weighted by molar-refractivity contribution is -0.120. The largest absolute Gasteiger partial charge is 0.356 e. The van der Waals surface area contributed by atoms with Crippen LogP contribution in [0.2, 0.25) is 0 Å². The van der Waals surface area contributed by atoms with Gasteiger partial charge >= 0.3 is 0 Å². The molecule has 0 aromatic heterocycles. The van der Waals surface area contributed by atoms with Gasteiger partial charge in [0, 0.05) is 25.1 Å². The normalized spacial score (nSPS) is 9.95. The monoisotopic (exact) mass is 263 g/mol. The van der Waals surface area contributed by atoms with Crippen molar-refractivity contribution >= 4 is 11.8 Å². The molecule has 0 aliphatic carbocycles. The second kappa shape index (κ2) is 9.10. The predicted octanol–water partition coefficient (Wildman–Crippen LogP) is 0.662. The van der Waals surface area contributed by atoms with Crippen LogP contribution in [0.25, 0.3) is 0 Å². The van der Waals surface area contributed by atoms with E-state index in [9.17, 15) is 9.59 Å². The summed E-state index contributed by atoms with van der Waals surface area (Å²) in [5.41, 5.74) is 5.96. The highest BCUT2D eigenvalue weighted by Gasteiger charge is 2.05. The molecule has 0 saturated heterocycles. The lowest BCUT2D eigenvalue weighted by Gasteiger charge is -2.06. The Labute approximate surface area is 113 Å². The number of rotatable bonds is 8. The Morgan fingerprint density at radius 3 is 2.42 bits per heavy atom. The number of unbranched alkanes of at least 4 members (excludes halogenated alkanes) is 1. The van der Waals surface area contributed by atoms with Gasteiger partial charge in [0.25, 0.3) is 5.91 Å². The van der Waals surface area contributed by atoms with Gasteiger partial charge in [0.2, 0.25) is 5.91 Å². The summed E-state index contributed by atoms with van der Waals surface area (Å²) in [4.78, 5) is 23.1. The molecule has 0 heterocycles. The first-order valence-corrected chi connectivity index (χ1v) is 6.54.